The number of rotatable bonds is 2. The third kappa shape index (κ3) is 2.57. The van der Waals surface area contributed by atoms with Crippen LogP contribution < -0.4 is 0 Å². The van der Waals surface area contributed by atoms with Gasteiger partial charge in [-0.2, -0.15) is 0 Å². The molecule has 86 valence electrons. The molecule has 5 heteroatoms. The highest BCUT2D eigenvalue weighted by Crippen LogP contribution is 2.29. The average molecular weight is 268 g/mol. The van der Waals surface area contributed by atoms with Crippen molar-refractivity contribution in [1.29, 1.82) is 0 Å². The predicted octanol–water partition coefficient (Wildman–Crippen LogP) is 3.75. The molecule has 0 spiro atoms. The van der Waals surface area contributed by atoms with Gasteiger partial charge in [0.05, 0.1) is 16.3 Å². The van der Waals surface area contributed by atoms with E-state index < -0.39 is 5.97 Å². The number of carboxylic acids is 1. The lowest BCUT2D eigenvalue weighted by Crippen LogP contribution is -1.97. The van der Waals surface area contributed by atoms with Crippen molar-refractivity contribution in [3.63, 3.8) is 0 Å². The maximum absolute atomic E-state index is 10.8. The first-order chi connectivity index (χ1) is 8.08. The Labute approximate surface area is 108 Å². The topological polar surface area (TPSA) is 50.2 Å². The minimum Gasteiger partial charge on any atom is -0.478 e. The summed E-state index contributed by atoms with van der Waals surface area (Å²) in [4.78, 5) is 14.9. The first-order valence-electron chi connectivity index (χ1n) is 4.72. The fraction of sp³-hybridized carbons (Fsp3) is 0. The van der Waals surface area contributed by atoms with Gasteiger partial charge < -0.3 is 5.11 Å². The average Bonchev–Trinajstić information content (AvgIpc) is 2.32. The number of pyridine rings is 1. The number of aromatic nitrogens is 1. The molecule has 1 heterocycles. The Kier molecular flexibility index (Phi) is 3.31. The van der Waals surface area contributed by atoms with Gasteiger partial charge in [0.15, 0.2) is 0 Å². The molecule has 1 aromatic heterocycles. The van der Waals surface area contributed by atoms with Crippen LogP contribution in [0.3, 0.4) is 0 Å². The Morgan fingerprint density at radius 2 is 1.94 bits per heavy atom. The van der Waals surface area contributed by atoms with Crippen molar-refractivity contribution in [1.82, 2.24) is 4.98 Å². The minimum atomic E-state index is -1.01. The lowest BCUT2D eigenvalue weighted by Gasteiger charge is -2.05. The Hall–Kier alpha value is -1.58. The van der Waals surface area contributed by atoms with Crippen LogP contribution in [-0.2, 0) is 0 Å². The summed E-state index contributed by atoms with van der Waals surface area (Å²) in [5.41, 5.74) is 1.26. The van der Waals surface area contributed by atoms with Gasteiger partial charge in [0.25, 0.3) is 0 Å². The van der Waals surface area contributed by atoms with E-state index in [0.29, 0.717) is 21.3 Å². The van der Waals surface area contributed by atoms with Crippen LogP contribution in [0.15, 0.2) is 36.5 Å². The number of nitrogens with zero attached hydrogens (tertiary/aromatic N) is 1. The highest BCUT2D eigenvalue weighted by atomic mass is 35.5. The van der Waals surface area contributed by atoms with Crippen LogP contribution >= 0.6 is 23.2 Å². The van der Waals surface area contributed by atoms with Crippen molar-refractivity contribution in [2.45, 2.75) is 0 Å². The number of hydrogen-bond acceptors (Lipinski definition) is 2. The highest BCUT2D eigenvalue weighted by molar-refractivity contribution is 6.35. The minimum absolute atomic E-state index is 0.158. The third-order valence-corrected chi connectivity index (χ3v) is 2.78. The van der Waals surface area contributed by atoms with Gasteiger partial charge in [-0.05, 0) is 30.3 Å². The molecule has 1 aromatic carbocycles. The maximum Gasteiger partial charge on any atom is 0.335 e. The molecule has 0 saturated heterocycles. The van der Waals surface area contributed by atoms with Gasteiger partial charge in [0.1, 0.15) is 0 Å². The van der Waals surface area contributed by atoms with E-state index in [0.717, 1.165) is 0 Å². The van der Waals surface area contributed by atoms with Crippen molar-refractivity contribution in [3.05, 3.63) is 52.1 Å². The smallest absolute Gasteiger partial charge is 0.335 e. The standard InChI is InChI=1S/C12H7Cl2NO2/c13-8-1-2-10(14)9(6-8)11-5-7(12(16)17)3-4-15-11/h1-6H,(H,16,17). The second-order valence-corrected chi connectivity index (χ2v) is 4.20. The Bertz CT molecular complexity index is 584. The van der Waals surface area contributed by atoms with Gasteiger partial charge in [-0.15, -0.1) is 0 Å². The molecule has 0 aliphatic rings. The molecule has 0 bridgehead atoms. The summed E-state index contributed by atoms with van der Waals surface area (Å²) >= 11 is 11.9. The first kappa shape index (κ1) is 11.9. The lowest BCUT2D eigenvalue weighted by atomic mass is 10.1. The molecule has 0 fully saturated rings. The molecule has 0 aliphatic carbocycles. The second-order valence-electron chi connectivity index (χ2n) is 3.36. The van der Waals surface area contributed by atoms with Crippen molar-refractivity contribution in [2.24, 2.45) is 0 Å². The summed E-state index contributed by atoms with van der Waals surface area (Å²) in [7, 11) is 0. The van der Waals surface area contributed by atoms with E-state index in [-0.39, 0.29) is 5.56 Å². The number of benzene rings is 1. The van der Waals surface area contributed by atoms with Crippen LogP contribution in [0.4, 0.5) is 0 Å². The first-order valence-corrected chi connectivity index (χ1v) is 5.48. The second kappa shape index (κ2) is 4.73. The highest BCUT2D eigenvalue weighted by Gasteiger charge is 2.09. The van der Waals surface area contributed by atoms with Gasteiger partial charge >= 0.3 is 5.97 Å². The fourth-order valence-corrected chi connectivity index (χ4v) is 1.79. The maximum atomic E-state index is 10.8. The van der Waals surface area contributed by atoms with Crippen LogP contribution in [-0.4, -0.2) is 16.1 Å². The van der Waals surface area contributed by atoms with E-state index in [9.17, 15) is 4.79 Å². The summed E-state index contributed by atoms with van der Waals surface area (Å²) in [6, 6.07) is 7.84. The number of carboxylic acid groups (broad SMARTS) is 1. The van der Waals surface area contributed by atoms with Gasteiger partial charge in [-0.25, -0.2) is 4.79 Å². The Morgan fingerprint density at radius 3 is 2.65 bits per heavy atom. The lowest BCUT2D eigenvalue weighted by molar-refractivity contribution is 0.0697. The number of carbonyl (C=O) groups is 1. The molecule has 2 rings (SSSR count). The van der Waals surface area contributed by atoms with Gasteiger partial charge in [0.2, 0.25) is 0 Å². The monoisotopic (exact) mass is 267 g/mol. The predicted molar refractivity (Wildman–Crippen MR) is 66.7 cm³/mol. The Balaban J connectivity index is 2.56. The van der Waals surface area contributed by atoms with E-state index >= 15 is 0 Å². The van der Waals surface area contributed by atoms with Crippen LogP contribution in [0.2, 0.25) is 10.0 Å². The molecule has 0 saturated carbocycles. The molecule has 0 amide bonds. The van der Waals surface area contributed by atoms with E-state index in [1.54, 1.807) is 18.2 Å². The van der Waals surface area contributed by atoms with Crippen LogP contribution in [0.25, 0.3) is 11.3 Å². The van der Waals surface area contributed by atoms with Crippen molar-refractivity contribution < 1.29 is 9.90 Å². The molecule has 0 radical (unpaired) electrons. The summed E-state index contributed by atoms with van der Waals surface area (Å²) in [5.74, 6) is -1.01. The van der Waals surface area contributed by atoms with Crippen molar-refractivity contribution >= 4 is 29.2 Å². The third-order valence-electron chi connectivity index (χ3n) is 2.21. The van der Waals surface area contributed by atoms with Gasteiger partial charge in [0, 0.05) is 16.8 Å². The van der Waals surface area contributed by atoms with Crippen molar-refractivity contribution in [2.75, 3.05) is 0 Å². The molecular weight excluding hydrogens is 261 g/mol. The number of halogens is 2. The summed E-state index contributed by atoms with van der Waals surface area (Å²) in [6.45, 7) is 0. The molecule has 17 heavy (non-hydrogen) atoms. The van der Waals surface area contributed by atoms with E-state index in [1.165, 1.54) is 18.3 Å². The van der Waals surface area contributed by atoms with Gasteiger partial charge in [-0.1, -0.05) is 23.2 Å². The Morgan fingerprint density at radius 1 is 1.18 bits per heavy atom. The summed E-state index contributed by atoms with van der Waals surface area (Å²) in [5, 5.41) is 9.89. The summed E-state index contributed by atoms with van der Waals surface area (Å²) in [6.07, 6.45) is 1.43. The normalized spacial score (nSPS) is 10.2. The zero-order valence-electron chi connectivity index (χ0n) is 8.52. The molecule has 1 N–H and O–H groups in total. The molecule has 3 nitrogen and oxygen atoms in total. The molecule has 0 unspecified atom stereocenters. The zero-order valence-corrected chi connectivity index (χ0v) is 10.0. The molecule has 0 atom stereocenters. The van der Waals surface area contributed by atoms with Crippen LogP contribution in [0.1, 0.15) is 10.4 Å². The number of aromatic carboxylic acids is 1. The fourth-order valence-electron chi connectivity index (χ4n) is 1.40. The van der Waals surface area contributed by atoms with Crippen LogP contribution in [0, 0.1) is 0 Å². The molecular formula is C12H7Cl2NO2. The summed E-state index contributed by atoms with van der Waals surface area (Å²) < 4.78 is 0. The number of hydrogen-bond donors (Lipinski definition) is 1. The largest absolute Gasteiger partial charge is 0.478 e. The SMILES string of the molecule is O=C(O)c1ccnc(-c2cc(Cl)ccc2Cl)c1. The van der Waals surface area contributed by atoms with Crippen molar-refractivity contribution in [3.8, 4) is 11.3 Å². The van der Waals surface area contributed by atoms with E-state index in [4.69, 9.17) is 28.3 Å². The zero-order chi connectivity index (χ0) is 12.4. The van der Waals surface area contributed by atoms with E-state index in [1.807, 2.05) is 0 Å². The molecule has 0 aliphatic heterocycles. The van der Waals surface area contributed by atoms with Gasteiger partial charge in [-0.3, -0.25) is 4.98 Å². The van der Waals surface area contributed by atoms with E-state index in [2.05, 4.69) is 4.98 Å². The molecule has 2 aromatic rings. The van der Waals surface area contributed by atoms with Crippen LogP contribution in [0.5, 0.6) is 0 Å². The quantitative estimate of drug-likeness (QED) is 0.902.